The molecule has 1 spiro atoms. The van der Waals surface area contributed by atoms with Gasteiger partial charge in [0.1, 0.15) is 0 Å². The fourth-order valence-electron chi connectivity index (χ4n) is 3.30. The minimum Gasteiger partial charge on any atom is -0.339 e. The van der Waals surface area contributed by atoms with E-state index in [-0.39, 0.29) is 0 Å². The summed E-state index contributed by atoms with van der Waals surface area (Å²) < 4.78 is 5.49. The number of benzene rings is 1. The summed E-state index contributed by atoms with van der Waals surface area (Å²) in [4.78, 5) is 4.58. The van der Waals surface area contributed by atoms with Gasteiger partial charge in [-0.15, -0.1) is 0 Å². The number of halogens is 1. The van der Waals surface area contributed by atoms with Crippen LogP contribution in [0, 0.1) is 5.41 Å². The lowest BCUT2D eigenvalue weighted by Gasteiger charge is -2.22. The van der Waals surface area contributed by atoms with Crippen molar-refractivity contribution in [3.63, 3.8) is 0 Å². The zero-order chi connectivity index (χ0) is 13.6. The van der Waals surface area contributed by atoms with Crippen molar-refractivity contribution in [3.05, 3.63) is 35.2 Å². The van der Waals surface area contributed by atoms with Gasteiger partial charge < -0.3 is 9.84 Å². The lowest BCUT2D eigenvalue weighted by Crippen LogP contribution is -2.29. The second-order valence-corrected chi connectivity index (χ2v) is 6.27. The van der Waals surface area contributed by atoms with Crippen LogP contribution in [-0.4, -0.2) is 23.2 Å². The molecule has 0 unspecified atom stereocenters. The molecule has 1 aromatic carbocycles. The smallest absolute Gasteiger partial charge is 0.230 e. The summed E-state index contributed by atoms with van der Waals surface area (Å²) in [6.45, 7) is 2.21. The molecule has 1 saturated heterocycles. The second kappa shape index (κ2) is 4.57. The quantitative estimate of drug-likeness (QED) is 0.922. The van der Waals surface area contributed by atoms with Crippen LogP contribution in [0.25, 0.3) is 11.4 Å². The number of hydrogen-bond acceptors (Lipinski definition) is 4. The molecule has 0 amide bonds. The van der Waals surface area contributed by atoms with Crippen LogP contribution in [0.3, 0.4) is 0 Å². The van der Waals surface area contributed by atoms with Crippen LogP contribution >= 0.6 is 11.6 Å². The zero-order valence-electron chi connectivity index (χ0n) is 11.1. The Morgan fingerprint density at radius 1 is 1.30 bits per heavy atom. The van der Waals surface area contributed by atoms with Gasteiger partial charge in [-0.3, -0.25) is 0 Å². The summed E-state index contributed by atoms with van der Waals surface area (Å²) in [5.41, 5.74) is 1.33. The minimum absolute atomic E-state index is 0.420. The molecule has 1 aliphatic carbocycles. The van der Waals surface area contributed by atoms with E-state index in [2.05, 4.69) is 15.5 Å². The molecular weight excluding hydrogens is 274 g/mol. The molecule has 1 saturated carbocycles. The van der Waals surface area contributed by atoms with Gasteiger partial charge in [0.25, 0.3) is 0 Å². The topological polar surface area (TPSA) is 51.0 Å². The highest BCUT2D eigenvalue weighted by Gasteiger charge is 2.57. The summed E-state index contributed by atoms with van der Waals surface area (Å²) in [5.74, 6) is 1.88. The number of piperidine rings is 1. The van der Waals surface area contributed by atoms with Crippen molar-refractivity contribution in [2.24, 2.45) is 5.41 Å². The van der Waals surface area contributed by atoms with E-state index in [1.165, 1.54) is 19.3 Å². The molecule has 1 atom stereocenters. The van der Waals surface area contributed by atoms with Crippen LogP contribution in [0.4, 0.5) is 0 Å². The van der Waals surface area contributed by atoms with Gasteiger partial charge in [-0.05, 0) is 49.9 Å². The summed E-state index contributed by atoms with van der Waals surface area (Å²) in [6.07, 6.45) is 3.62. The summed E-state index contributed by atoms with van der Waals surface area (Å²) in [6, 6.07) is 7.56. The predicted molar refractivity (Wildman–Crippen MR) is 76.6 cm³/mol. The van der Waals surface area contributed by atoms with Crippen molar-refractivity contribution in [1.29, 1.82) is 0 Å². The van der Waals surface area contributed by atoms with Crippen LogP contribution in [0.1, 0.15) is 31.1 Å². The summed E-state index contributed by atoms with van der Waals surface area (Å²) in [5, 5.41) is 8.20. The number of nitrogens with one attached hydrogen (secondary N) is 1. The largest absolute Gasteiger partial charge is 0.339 e. The molecule has 0 radical (unpaired) electrons. The molecule has 5 heteroatoms. The Bertz CT molecular complexity index is 634. The average molecular weight is 290 g/mol. The van der Waals surface area contributed by atoms with Gasteiger partial charge in [0.2, 0.25) is 11.7 Å². The van der Waals surface area contributed by atoms with Crippen molar-refractivity contribution in [2.45, 2.75) is 25.2 Å². The van der Waals surface area contributed by atoms with Gasteiger partial charge in [-0.2, -0.15) is 4.98 Å². The SMILES string of the molecule is Clc1cccc(-c2noc([C@@H]3CC34CCNCC4)n2)c1. The molecule has 4 rings (SSSR count). The van der Waals surface area contributed by atoms with E-state index in [1.54, 1.807) is 0 Å². The van der Waals surface area contributed by atoms with E-state index in [4.69, 9.17) is 16.1 Å². The Hall–Kier alpha value is -1.39. The van der Waals surface area contributed by atoms with Crippen LogP contribution in [0.2, 0.25) is 5.02 Å². The maximum absolute atomic E-state index is 6.00. The second-order valence-electron chi connectivity index (χ2n) is 5.84. The first kappa shape index (κ1) is 12.4. The normalized spacial score (nSPS) is 23.9. The molecule has 4 nitrogen and oxygen atoms in total. The third-order valence-electron chi connectivity index (χ3n) is 4.61. The Morgan fingerprint density at radius 3 is 2.95 bits per heavy atom. The monoisotopic (exact) mass is 289 g/mol. The standard InChI is InChI=1S/C15H16ClN3O/c16-11-3-1-2-10(8-11)13-18-14(20-19-13)12-9-15(12)4-6-17-7-5-15/h1-3,8,12,17H,4-7,9H2/t12-/m0/s1. The van der Waals surface area contributed by atoms with Gasteiger partial charge in [0, 0.05) is 16.5 Å². The number of nitrogens with zero attached hydrogens (tertiary/aromatic N) is 2. The Kier molecular flexibility index (Phi) is 2.82. The van der Waals surface area contributed by atoms with E-state index in [0.29, 0.717) is 22.2 Å². The number of aromatic nitrogens is 2. The molecule has 1 N–H and O–H groups in total. The van der Waals surface area contributed by atoms with Gasteiger partial charge in [0.05, 0.1) is 0 Å². The van der Waals surface area contributed by atoms with Crippen LogP contribution in [0.5, 0.6) is 0 Å². The molecule has 104 valence electrons. The predicted octanol–water partition coefficient (Wildman–Crippen LogP) is 3.25. The Morgan fingerprint density at radius 2 is 2.15 bits per heavy atom. The third-order valence-corrected chi connectivity index (χ3v) is 4.85. The van der Waals surface area contributed by atoms with Gasteiger partial charge in [-0.25, -0.2) is 0 Å². The molecule has 1 aromatic heterocycles. The van der Waals surface area contributed by atoms with Crippen LogP contribution in [0.15, 0.2) is 28.8 Å². The van der Waals surface area contributed by atoms with E-state index < -0.39 is 0 Å². The molecule has 2 aliphatic rings. The van der Waals surface area contributed by atoms with E-state index >= 15 is 0 Å². The Labute approximate surface area is 122 Å². The van der Waals surface area contributed by atoms with Crippen molar-refractivity contribution < 1.29 is 4.52 Å². The molecule has 0 bridgehead atoms. The van der Waals surface area contributed by atoms with Gasteiger partial charge >= 0.3 is 0 Å². The van der Waals surface area contributed by atoms with Gasteiger partial charge in [-0.1, -0.05) is 28.9 Å². The Balaban J connectivity index is 1.57. The van der Waals surface area contributed by atoms with Crippen LogP contribution < -0.4 is 5.32 Å². The van der Waals surface area contributed by atoms with Gasteiger partial charge in [0.15, 0.2) is 0 Å². The lowest BCUT2D eigenvalue weighted by molar-refractivity contribution is 0.311. The average Bonchev–Trinajstić information content (AvgIpc) is 2.95. The molecule has 20 heavy (non-hydrogen) atoms. The fraction of sp³-hybridized carbons (Fsp3) is 0.467. The lowest BCUT2D eigenvalue weighted by atomic mass is 9.92. The highest BCUT2D eigenvalue weighted by atomic mass is 35.5. The first-order chi connectivity index (χ1) is 9.77. The molecular formula is C15H16ClN3O. The van der Waals surface area contributed by atoms with Crippen molar-refractivity contribution in [2.75, 3.05) is 13.1 Å². The number of rotatable bonds is 2. The van der Waals surface area contributed by atoms with E-state index in [0.717, 1.165) is 24.5 Å². The first-order valence-corrected chi connectivity index (χ1v) is 7.45. The van der Waals surface area contributed by atoms with Crippen molar-refractivity contribution in [3.8, 4) is 11.4 Å². The van der Waals surface area contributed by atoms with E-state index in [1.807, 2.05) is 24.3 Å². The van der Waals surface area contributed by atoms with Crippen molar-refractivity contribution in [1.82, 2.24) is 15.5 Å². The maximum Gasteiger partial charge on any atom is 0.230 e. The molecule has 2 fully saturated rings. The van der Waals surface area contributed by atoms with Crippen LogP contribution in [-0.2, 0) is 0 Å². The first-order valence-electron chi connectivity index (χ1n) is 7.07. The third kappa shape index (κ3) is 2.03. The number of hydrogen-bond donors (Lipinski definition) is 1. The highest BCUT2D eigenvalue weighted by Crippen LogP contribution is 2.63. The fourth-order valence-corrected chi connectivity index (χ4v) is 3.49. The maximum atomic E-state index is 6.00. The summed E-state index contributed by atoms with van der Waals surface area (Å²) >= 11 is 6.00. The molecule has 2 heterocycles. The van der Waals surface area contributed by atoms with Crippen molar-refractivity contribution >= 4 is 11.6 Å². The molecule has 1 aliphatic heterocycles. The van der Waals surface area contributed by atoms with E-state index in [9.17, 15) is 0 Å². The minimum atomic E-state index is 0.420. The summed E-state index contributed by atoms with van der Waals surface area (Å²) in [7, 11) is 0. The molecule has 2 aromatic rings. The highest BCUT2D eigenvalue weighted by molar-refractivity contribution is 6.30. The zero-order valence-corrected chi connectivity index (χ0v) is 11.9.